The Morgan fingerprint density at radius 2 is 1.89 bits per heavy atom. The number of nitrogens with zero attached hydrogens (tertiary/aromatic N) is 4. The molecule has 2 amide bonds. The minimum atomic E-state index is -0.874. The minimum Gasteiger partial charge on any atom is -0.340 e. The fraction of sp³-hybridized carbons (Fsp3) is 0.242. The van der Waals surface area contributed by atoms with Crippen molar-refractivity contribution in [3.05, 3.63) is 101 Å². The maximum Gasteiger partial charge on any atom is 0.247 e. The summed E-state index contributed by atoms with van der Waals surface area (Å²) in [5, 5.41) is 6.14. The van der Waals surface area contributed by atoms with Crippen molar-refractivity contribution in [3.8, 4) is 11.1 Å². The molecule has 4 aromatic rings. The first kappa shape index (κ1) is 29.4. The van der Waals surface area contributed by atoms with Crippen LogP contribution >= 0.6 is 11.6 Å². The molecule has 0 unspecified atom stereocenters. The summed E-state index contributed by atoms with van der Waals surface area (Å²) in [4.78, 5) is 41.3. The molecule has 0 fully saturated rings. The van der Waals surface area contributed by atoms with Gasteiger partial charge >= 0.3 is 0 Å². The van der Waals surface area contributed by atoms with Crippen molar-refractivity contribution in [2.75, 3.05) is 17.2 Å². The first-order chi connectivity index (χ1) is 21.3. The molecule has 2 atom stereocenters. The molecule has 2 aliphatic rings. The smallest absolute Gasteiger partial charge is 0.247 e. The lowest BCUT2D eigenvalue weighted by Gasteiger charge is -2.34. The van der Waals surface area contributed by atoms with Crippen LogP contribution in [-0.4, -0.2) is 38.2 Å². The van der Waals surface area contributed by atoms with Crippen molar-refractivity contribution in [1.29, 1.82) is 0 Å². The van der Waals surface area contributed by atoms with E-state index in [0.717, 1.165) is 28.9 Å². The molecule has 2 aliphatic heterocycles. The van der Waals surface area contributed by atoms with E-state index < -0.39 is 17.7 Å². The Kier molecular flexibility index (Phi) is 8.34. The number of hydrogen-bond acceptors (Lipinski definition) is 6. The number of aromatic nitrogens is 3. The average Bonchev–Trinajstić information content (AvgIpc) is 3.02. The van der Waals surface area contributed by atoms with Gasteiger partial charge in [-0.25, -0.2) is 18.7 Å². The molecule has 0 radical (unpaired) electrons. The van der Waals surface area contributed by atoms with Crippen LogP contribution < -0.4 is 10.6 Å². The zero-order valence-corrected chi connectivity index (χ0v) is 24.6. The van der Waals surface area contributed by atoms with Crippen LogP contribution in [0.25, 0.3) is 16.7 Å². The van der Waals surface area contributed by atoms with Gasteiger partial charge in [-0.2, -0.15) is 0 Å². The van der Waals surface area contributed by atoms with Gasteiger partial charge in [0.1, 0.15) is 18.0 Å². The van der Waals surface area contributed by atoms with Crippen LogP contribution in [0.5, 0.6) is 0 Å². The molecule has 2 bridgehead atoms. The maximum absolute atomic E-state index is 14.8. The highest BCUT2D eigenvalue weighted by atomic mass is 35.5. The van der Waals surface area contributed by atoms with Crippen LogP contribution in [0.1, 0.15) is 49.9 Å². The van der Waals surface area contributed by atoms with Gasteiger partial charge in [0.15, 0.2) is 5.82 Å². The third-order valence-electron chi connectivity index (χ3n) is 8.07. The van der Waals surface area contributed by atoms with E-state index in [1.807, 2.05) is 37.3 Å². The number of halogens is 3. The highest BCUT2D eigenvalue weighted by Crippen LogP contribution is 2.38. The number of rotatable bonds is 4. The number of carbonyl (C=O) groups is 2. The van der Waals surface area contributed by atoms with Gasteiger partial charge in [0.25, 0.3) is 0 Å². The summed E-state index contributed by atoms with van der Waals surface area (Å²) in [7, 11) is 0. The van der Waals surface area contributed by atoms with E-state index in [2.05, 4.69) is 25.6 Å². The van der Waals surface area contributed by atoms with E-state index in [9.17, 15) is 18.4 Å². The first-order valence-corrected chi connectivity index (χ1v) is 14.8. The summed E-state index contributed by atoms with van der Waals surface area (Å²) in [6.07, 6.45) is 8.14. The van der Waals surface area contributed by atoms with Gasteiger partial charge in [0, 0.05) is 42.2 Å². The van der Waals surface area contributed by atoms with Crippen molar-refractivity contribution in [2.45, 2.75) is 38.6 Å². The van der Waals surface area contributed by atoms with E-state index in [1.54, 1.807) is 23.4 Å². The van der Waals surface area contributed by atoms with E-state index in [-0.39, 0.29) is 46.9 Å². The van der Waals surface area contributed by atoms with Gasteiger partial charge in [-0.15, -0.1) is 0 Å². The molecule has 6 rings (SSSR count). The Balaban J connectivity index is 1.36. The van der Waals surface area contributed by atoms with Gasteiger partial charge in [-0.05, 0) is 72.9 Å². The van der Waals surface area contributed by atoms with Gasteiger partial charge in [-0.3, -0.25) is 14.6 Å². The summed E-state index contributed by atoms with van der Waals surface area (Å²) in [6, 6.07) is 13.1. The monoisotopic (exact) mass is 614 g/mol. The summed E-state index contributed by atoms with van der Waals surface area (Å²) >= 11 is 5.91. The van der Waals surface area contributed by atoms with Crippen molar-refractivity contribution < 1.29 is 18.4 Å². The average molecular weight is 615 g/mol. The van der Waals surface area contributed by atoms with Crippen LogP contribution in [0.3, 0.4) is 0 Å². The number of hydrogen-bond donors (Lipinski definition) is 2. The second-order valence-electron chi connectivity index (χ2n) is 11.0. The fourth-order valence-electron chi connectivity index (χ4n) is 5.74. The minimum absolute atomic E-state index is 0.107. The predicted molar refractivity (Wildman–Crippen MR) is 165 cm³/mol. The Bertz CT molecular complexity index is 1770. The molecule has 8 nitrogen and oxygen atoms in total. The van der Waals surface area contributed by atoms with Crippen LogP contribution in [0, 0.1) is 17.6 Å². The number of anilines is 3. The zero-order chi connectivity index (χ0) is 30.8. The Morgan fingerprint density at radius 3 is 2.68 bits per heavy atom. The second kappa shape index (κ2) is 12.5. The summed E-state index contributed by atoms with van der Waals surface area (Å²) in [6.45, 7) is 2.13. The van der Waals surface area contributed by atoms with Crippen molar-refractivity contribution in [2.24, 2.45) is 5.92 Å². The quantitative estimate of drug-likeness (QED) is 0.234. The third-order valence-corrected chi connectivity index (χ3v) is 8.36. The topological polar surface area (TPSA) is 100 Å². The second-order valence-corrected chi connectivity index (χ2v) is 11.4. The normalized spacial score (nSPS) is 18.8. The first-order valence-electron chi connectivity index (χ1n) is 14.4. The molecular weight excluding hydrogens is 586 g/mol. The van der Waals surface area contributed by atoms with E-state index in [0.29, 0.717) is 36.5 Å². The number of benzene rings is 2. The van der Waals surface area contributed by atoms with Gasteiger partial charge < -0.3 is 15.5 Å². The molecule has 2 N–H and O–H groups in total. The van der Waals surface area contributed by atoms with Crippen molar-refractivity contribution in [1.82, 2.24) is 19.9 Å². The summed E-state index contributed by atoms with van der Waals surface area (Å²) in [5.41, 5.74) is 3.67. The maximum atomic E-state index is 14.8. The predicted octanol–water partition coefficient (Wildman–Crippen LogP) is 7.33. The van der Waals surface area contributed by atoms with Gasteiger partial charge in [0.2, 0.25) is 11.8 Å². The Labute approximate surface area is 258 Å². The largest absolute Gasteiger partial charge is 0.340 e. The van der Waals surface area contributed by atoms with E-state index in [1.165, 1.54) is 12.4 Å². The lowest BCUT2D eigenvalue weighted by molar-refractivity contribution is -0.129. The molecule has 0 spiro atoms. The number of carbonyl (C=O) groups excluding carboxylic acids is 2. The number of pyridine rings is 1. The molecule has 4 heterocycles. The molecule has 2 aromatic heterocycles. The molecule has 0 saturated heterocycles. The number of amides is 2. The van der Waals surface area contributed by atoms with Crippen LogP contribution in [0.15, 0.2) is 73.3 Å². The zero-order valence-electron chi connectivity index (χ0n) is 23.9. The standard InChI is InChI=1S/C33H29ClF2N6O2/c1-19-3-2-4-28(42-14-11-21(16-30(42)43)31-25(35)8-7-24(34)32(31)36)27-15-20(9-13-38-27)23-6-5-22(17-26(23)41-33(19)44)40-29-10-12-37-18-39-29/h5-10,12-13,15-19,28H,2-4,11,14H2,1H3,(H,41,44)(H,37,39,40)/t19-,28+/m1/s1. The third kappa shape index (κ3) is 6.03. The molecule has 2 aromatic carbocycles. The van der Waals surface area contributed by atoms with E-state index in [4.69, 9.17) is 11.6 Å². The molecular formula is C33H29ClF2N6O2. The molecule has 0 aliphatic carbocycles. The molecule has 0 saturated carbocycles. The van der Waals surface area contributed by atoms with Gasteiger partial charge in [-0.1, -0.05) is 31.0 Å². The summed E-state index contributed by atoms with van der Waals surface area (Å²) in [5.74, 6) is -1.77. The summed E-state index contributed by atoms with van der Waals surface area (Å²) < 4.78 is 29.4. The molecule has 44 heavy (non-hydrogen) atoms. The van der Waals surface area contributed by atoms with Crippen molar-refractivity contribution in [3.63, 3.8) is 0 Å². The molecule has 11 heteroatoms. The van der Waals surface area contributed by atoms with Crippen molar-refractivity contribution >= 4 is 46.2 Å². The fourth-order valence-corrected chi connectivity index (χ4v) is 5.90. The van der Waals surface area contributed by atoms with Crippen LogP contribution in [0.4, 0.5) is 26.0 Å². The number of fused-ring (bicyclic) bond motifs is 4. The lowest BCUT2D eigenvalue weighted by atomic mass is 9.92. The Hall–Kier alpha value is -4.70. The van der Waals surface area contributed by atoms with Crippen LogP contribution in [-0.2, 0) is 9.59 Å². The highest BCUT2D eigenvalue weighted by Gasteiger charge is 2.31. The molecule has 224 valence electrons. The number of nitrogens with one attached hydrogen (secondary N) is 2. The highest BCUT2D eigenvalue weighted by molar-refractivity contribution is 6.31. The van der Waals surface area contributed by atoms with E-state index >= 15 is 0 Å². The lowest BCUT2D eigenvalue weighted by Crippen LogP contribution is -2.38. The van der Waals surface area contributed by atoms with Crippen LogP contribution in [0.2, 0.25) is 5.02 Å². The Morgan fingerprint density at radius 1 is 1.02 bits per heavy atom. The SMILES string of the molecule is C[C@@H]1CCC[C@H](N2CCC(c3c(F)ccc(Cl)c3F)=CC2=O)c2cc(ccn2)-c2ccc(Nc3ccncn3)cc2NC1=O. The van der Waals surface area contributed by atoms with Gasteiger partial charge in [0.05, 0.1) is 28.0 Å².